The summed E-state index contributed by atoms with van der Waals surface area (Å²) in [6.07, 6.45) is 0.881. The van der Waals surface area contributed by atoms with E-state index in [1.807, 2.05) is 0 Å². The molecular formula is C2H5O5PS. The predicted octanol–water partition coefficient (Wildman–Crippen LogP) is -0.977. The van der Waals surface area contributed by atoms with Gasteiger partial charge in [-0.2, -0.15) is 0 Å². The van der Waals surface area contributed by atoms with Crippen LogP contribution in [0.1, 0.15) is 0 Å². The molecule has 54 valence electrons. The summed E-state index contributed by atoms with van der Waals surface area (Å²) in [7, 11) is -6.37. The quantitative estimate of drug-likeness (QED) is 0.511. The lowest BCUT2D eigenvalue weighted by Crippen LogP contribution is -2.05. The van der Waals surface area contributed by atoms with Gasteiger partial charge < -0.3 is 4.89 Å². The van der Waals surface area contributed by atoms with E-state index in [4.69, 9.17) is 0 Å². The zero-order chi connectivity index (χ0) is 7.49. The van der Waals surface area contributed by atoms with Gasteiger partial charge in [0.15, 0.2) is 9.84 Å². The summed E-state index contributed by atoms with van der Waals surface area (Å²) in [6, 6.07) is 0. The van der Waals surface area contributed by atoms with Gasteiger partial charge in [-0.25, -0.2) is 8.42 Å². The molecule has 1 unspecified atom stereocenters. The van der Waals surface area contributed by atoms with Gasteiger partial charge >= 0.3 is 8.25 Å². The molecule has 0 aromatic carbocycles. The molecule has 0 amide bonds. The lowest BCUT2D eigenvalue weighted by molar-refractivity contribution is -0.184. The molecule has 0 spiro atoms. The van der Waals surface area contributed by atoms with Gasteiger partial charge in [0, 0.05) is 6.26 Å². The minimum atomic E-state index is -3.33. The Morgan fingerprint density at radius 2 is 2.11 bits per heavy atom. The molecule has 0 heterocycles. The number of sulfone groups is 1. The molecule has 0 radical (unpaired) electrons. The van der Waals surface area contributed by atoms with E-state index in [0.29, 0.717) is 0 Å². The Labute approximate surface area is 53.5 Å². The van der Waals surface area contributed by atoms with Crippen LogP contribution >= 0.6 is 8.25 Å². The third-order valence-electron chi connectivity index (χ3n) is 0.372. The van der Waals surface area contributed by atoms with Crippen LogP contribution in [0.5, 0.6) is 0 Å². The summed E-state index contributed by atoms with van der Waals surface area (Å²) >= 11 is 0. The van der Waals surface area contributed by atoms with Crippen molar-refractivity contribution in [2.45, 2.75) is 0 Å². The summed E-state index contributed by atoms with van der Waals surface area (Å²) in [5.41, 5.74) is 0. The van der Waals surface area contributed by atoms with Crippen molar-refractivity contribution in [3.8, 4) is 0 Å². The second-order valence-electron chi connectivity index (χ2n) is 1.40. The predicted molar refractivity (Wildman–Crippen MR) is 28.4 cm³/mol. The second kappa shape index (κ2) is 3.22. The zero-order valence-electron chi connectivity index (χ0n) is 4.60. The Morgan fingerprint density at radius 1 is 1.67 bits per heavy atom. The van der Waals surface area contributed by atoms with Crippen molar-refractivity contribution in [3.05, 3.63) is 0 Å². The van der Waals surface area contributed by atoms with Crippen molar-refractivity contribution in [2.24, 2.45) is 0 Å². The summed E-state index contributed by atoms with van der Waals surface area (Å²) in [5.74, 6) is -0.772. The van der Waals surface area contributed by atoms with E-state index in [1.54, 1.807) is 0 Å². The normalized spacial score (nSPS) is 13.3. The molecule has 0 saturated carbocycles. The van der Waals surface area contributed by atoms with Gasteiger partial charge in [0.05, 0.1) is 0 Å². The van der Waals surface area contributed by atoms with E-state index in [-0.39, 0.29) is 0 Å². The van der Waals surface area contributed by atoms with Crippen LogP contribution in [-0.2, 0) is 18.9 Å². The minimum Gasteiger partial charge on any atom is -0.566 e. The maximum Gasteiger partial charge on any atom is 0.489 e. The van der Waals surface area contributed by atoms with Crippen molar-refractivity contribution < 1.29 is 22.4 Å². The van der Waals surface area contributed by atoms with E-state index >= 15 is 0 Å². The first-order valence-electron chi connectivity index (χ1n) is 1.87. The maximum atomic E-state index is 10.1. The fraction of sp³-hybridized carbons (Fsp3) is 1.00. The van der Waals surface area contributed by atoms with Crippen LogP contribution in [0, 0.1) is 0 Å². The van der Waals surface area contributed by atoms with Crippen LogP contribution in [0.25, 0.3) is 0 Å². The molecule has 0 aromatic rings. The number of hydrogen-bond acceptors (Lipinski definition) is 5. The van der Waals surface area contributed by atoms with E-state index < -0.39 is 24.0 Å². The van der Waals surface area contributed by atoms with E-state index in [0.717, 1.165) is 6.26 Å². The molecule has 5 nitrogen and oxygen atoms in total. The van der Waals surface area contributed by atoms with Crippen LogP contribution < -0.4 is 4.89 Å². The minimum absolute atomic E-state index is 0.772. The standard InChI is InChI=1S/C2H5O5PS/c1-9(5,6)2-7-8(3)4/h2H2,1H3. The van der Waals surface area contributed by atoms with Gasteiger partial charge in [-0.1, -0.05) is 0 Å². The maximum absolute atomic E-state index is 10.1. The summed E-state index contributed by atoms with van der Waals surface area (Å²) in [6.45, 7) is 0. The summed E-state index contributed by atoms with van der Waals surface area (Å²) < 4.78 is 33.7. The Kier molecular flexibility index (Phi) is 3.21. The molecule has 7 heteroatoms. The van der Waals surface area contributed by atoms with E-state index in [9.17, 15) is 17.9 Å². The number of rotatable bonds is 3. The Hall–Kier alpha value is -0.0300. The van der Waals surface area contributed by atoms with Crippen molar-refractivity contribution in [1.29, 1.82) is 0 Å². The van der Waals surface area contributed by atoms with Crippen LogP contribution in [-0.4, -0.2) is 20.6 Å². The molecule has 0 fully saturated rings. The van der Waals surface area contributed by atoms with Crippen LogP contribution in [0.4, 0.5) is 0 Å². The highest BCUT2D eigenvalue weighted by Crippen LogP contribution is 2.08. The Bertz CT molecular complexity index is 193. The van der Waals surface area contributed by atoms with E-state index in [2.05, 4.69) is 4.52 Å². The summed E-state index contributed by atoms with van der Waals surface area (Å²) in [5, 5.41) is 0. The van der Waals surface area contributed by atoms with Gasteiger partial charge in [-0.05, 0) is 4.57 Å². The molecule has 0 aliphatic carbocycles. The van der Waals surface area contributed by atoms with Crippen LogP contribution in [0.15, 0.2) is 0 Å². The van der Waals surface area contributed by atoms with Crippen molar-refractivity contribution in [1.82, 2.24) is 0 Å². The second-order valence-corrected chi connectivity index (χ2v) is 4.19. The lowest BCUT2D eigenvalue weighted by Gasteiger charge is -1.88. The van der Waals surface area contributed by atoms with Gasteiger partial charge in [0.25, 0.3) is 0 Å². The smallest absolute Gasteiger partial charge is 0.489 e. The average Bonchev–Trinajstić information content (AvgIpc) is 1.59. The molecule has 0 aromatic heterocycles. The highest BCUT2D eigenvalue weighted by atomic mass is 32.2. The molecule has 0 aliphatic rings. The average molecular weight is 172 g/mol. The Morgan fingerprint density at radius 3 is 2.22 bits per heavy atom. The lowest BCUT2D eigenvalue weighted by atomic mass is 11.7. The first-order chi connectivity index (χ1) is 3.92. The van der Waals surface area contributed by atoms with Crippen molar-refractivity contribution in [2.75, 3.05) is 12.2 Å². The zero-order valence-corrected chi connectivity index (χ0v) is 6.31. The largest absolute Gasteiger partial charge is 0.566 e. The molecular weight excluding hydrogens is 167 g/mol. The molecule has 0 rings (SSSR count). The van der Waals surface area contributed by atoms with Crippen LogP contribution in [0.3, 0.4) is 0 Å². The monoisotopic (exact) mass is 172 g/mol. The molecule has 0 aliphatic heterocycles. The first kappa shape index (κ1) is 8.97. The number of hydrogen-bond donors (Lipinski definition) is 0. The van der Waals surface area contributed by atoms with Gasteiger partial charge in [-0.15, -0.1) is 4.52 Å². The Balaban J connectivity index is 3.67. The third-order valence-corrected chi connectivity index (χ3v) is 1.43. The fourth-order valence-electron chi connectivity index (χ4n) is 0.139. The van der Waals surface area contributed by atoms with Crippen molar-refractivity contribution >= 4 is 18.1 Å². The third kappa shape index (κ3) is 7.97. The van der Waals surface area contributed by atoms with Gasteiger partial charge in [0.1, 0.15) is 0 Å². The topological polar surface area (TPSA) is 83.5 Å². The van der Waals surface area contributed by atoms with Crippen molar-refractivity contribution in [3.63, 3.8) is 0 Å². The molecule has 9 heavy (non-hydrogen) atoms. The first-order valence-corrected chi connectivity index (χ1v) is 5.02. The molecule has 0 N–H and O–H groups in total. The molecule has 1 atom stereocenters. The highest BCUT2D eigenvalue weighted by Gasteiger charge is 2.08. The fourth-order valence-corrected chi connectivity index (χ4v) is 1.25. The van der Waals surface area contributed by atoms with Crippen LogP contribution in [0.2, 0.25) is 0 Å². The molecule has 0 saturated heterocycles. The SMILES string of the molecule is CS(=O)(=O)CO[P+](=O)[O-]. The van der Waals surface area contributed by atoms with Gasteiger partial charge in [-0.3, -0.25) is 0 Å². The summed E-state index contributed by atoms with van der Waals surface area (Å²) in [4.78, 5) is 9.60. The molecule has 0 bridgehead atoms. The van der Waals surface area contributed by atoms with E-state index in [1.165, 1.54) is 0 Å². The van der Waals surface area contributed by atoms with Gasteiger partial charge in [0.2, 0.25) is 5.94 Å². The highest BCUT2D eigenvalue weighted by molar-refractivity contribution is 7.90.